The second kappa shape index (κ2) is 6.93. The molecule has 4 heteroatoms. The molecule has 3 rings (SSSR count). The van der Waals surface area contributed by atoms with Crippen LogP contribution in [0.3, 0.4) is 0 Å². The molecule has 2 aromatic rings. The SMILES string of the molecule is C=C[C@H]1N(C(=O)c2ccc(C(C)(C)C)cc2)C(=S)O[C@@]1(C)c1ccccc1. The molecule has 1 amide bonds. The standard InChI is InChI=1S/C23H25NO2S/c1-6-19-23(5,18-10-8-7-9-11-18)26-21(27)24(19)20(25)16-12-14-17(15-13-16)22(2,3)4/h6-15,19H,1H2,2-5H3/t19-,23+/m1/s1. The van der Waals surface area contributed by atoms with Crippen molar-refractivity contribution in [3.63, 3.8) is 0 Å². The Kier molecular flexibility index (Phi) is 4.96. The van der Waals surface area contributed by atoms with E-state index in [1.165, 1.54) is 10.5 Å². The lowest BCUT2D eigenvalue weighted by Gasteiger charge is -2.29. The average molecular weight is 380 g/mol. The molecule has 0 unspecified atom stereocenters. The Morgan fingerprint density at radius 2 is 1.74 bits per heavy atom. The first kappa shape index (κ1) is 19.3. The van der Waals surface area contributed by atoms with Crippen molar-refractivity contribution >= 4 is 23.3 Å². The molecule has 0 bridgehead atoms. The molecule has 1 aliphatic heterocycles. The number of carbonyl (C=O) groups is 1. The van der Waals surface area contributed by atoms with Gasteiger partial charge in [0.05, 0.1) is 0 Å². The van der Waals surface area contributed by atoms with Gasteiger partial charge in [0, 0.05) is 5.56 Å². The number of amides is 1. The molecule has 0 radical (unpaired) electrons. The van der Waals surface area contributed by atoms with Crippen LogP contribution < -0.4 is 0 Å². The quantitative estimate of drug-likeness (QED) is 0.541. The molecule has 1 aliphatic rings. The fraction of sp³-hybridized carbons (Fsp3) is 0.304. The van der Waals surface area contributed by atoms with Crippen LogP contribution in [0, 0.1) is 0 Å². The minimum atomic E-state index is -0.763. The molecule has 1 saturated heterocycles. The highest BCUT2D eigenvalue weighted by Crippen LogP contribution is 2.40. The zero-order valence-corrected chi connectivity index (χ0v) is 17.0. The summed E-state index contributed by atoms with van der Waals surface area (Å²) in [6.45, 7) is 12.3. The Morgan fingerprint density at radius 3 is 2.26 bits per heavy atom. The molecule has 0 aliphatic carbocycles. The van der Waals surface area contributed by atoms with Crippen LogP contribution in [-0.2, 0) is 15.8 Å². The van der Waals surface area contributed by atoms with Crippen LogP contribution in [0.15, 0.2) is 67.3 Å². The summed E-state index contributed by atoms with van der Waals surface area (Å²) < 4.78 is 6.04. The van der Waals surface area contributed by atoms with Gasteiger partial charge in [-0.3, -0.25) is 9.69 Å². The highest BCUT2D eigenvalue weighted by atomic mass is 32.1. The van der Waals surface area contributed by atoms with Gasteiger partial charge in [0.2, 0.25) is 0 Å². The Balaban J connectivity index is 1.95. The van der Waals surface area contributed by atoms with Gasteiger partial charge in [0.1, 0.15) is 6.04 Å². The van der Waals surface area contributed by atoms with Gasteiger partial charge in [0.15, 0.2) is 5.60 Å². The van der Waals surface area contributed by atoms with E-state index in [2.05, 4.69) is 27.4 Å². The number of carbonyl (C=O) groups excluding carboxylic acids is 1. The number of rotatable bonds is 3. The summed E-state index contributed by atoms with van der Waals surface area (Å²) >= 11 is 5.43. The molecule has 1 fully saturated rings. The lowest BCUT2D eigenvalue weighted by Crippen LogP contribution is -2.43. The van der Waals surface area contributed by atoms with Crippen molar-refractivity contribution in [2.75, 3.05) is 0 Å². The van der Waals surface area contributed by atoms with E-state index >= 15 is 0 Å². The predicted octanol–water partition coefficient (Wildman–Crippen LogP) is 5.21. The molecule has 140 valence electrons. The summed E-state index contributed by atoms with van der Waals surface area (Å²) in [4.78, 5) is 14.7. The molecule has 2 aromatic carbocycles. The third-order valence-corrected chi connectivity index (χ3v) is 5.41. The molecular formula is C23H25NO2S. The van der Waals surface area contributed by atoms with Crippen LogP contribution >= 0.6 is 12.2 Å². The number of ether oxygens (including phenoxy) is 1. The Morgan fingerprint density at radius 1 is 1.15 bits per heavy atom. The van der Waals surface area contributed by atoms with E-state index in [1.807, 2.05) is 61.5 Å². The Bertz CT molecular complexity index is 868. The van der Waals surface area contributed by atoms with Crippen molar-refractivity contribution in [2.45, 2.75) is 44.8 Å². The van der Waals surface area contributed by atoms with Crippen LogP contribution in [0.1, 0.15) is 49.2 Å². The van der Waals surface area contributed by atoms with Gasteiger partial charge < -0.3 is 4.74 Å². The monoisotopic (exact) mass is 379 g/mol. The van der Waals surface area contributed by atoms with Gasteiger partial charge in [-0.1, -0.05) is 69.3 Å². The summed E-state index contributed by atoms with van der Waals surface area (Å²) in [6.07, 6.45) is 1.73. The molecule has 0 aromatic heterocycles. The zero-order chi connectivity index (χ0) is 19.8. The Labute approximate surface area is 166 Å². The summed E-state index contributed by atoms with van der Waals surface area (Å²) in [5.74, 6) is -0.176. The molecule has 1 heterocycles. The van der Waals surface area contributed by atoms with Crippen molar-refractivity contribution in [3.05, 3.63) is 83.9 Å². The van der Waals surface area contributed by atoms with Crippen molar-refractivity contribution < 1.29 is 9.53 Å². The van der Waals surface area contributed by atoms with Gasteiger partial charge in [-0.15, -0.1) is 6.58 Å². The van der Waals surface area contributed by atoms with Gasteiger partial charge in [-0.2, -0.15) is 0 Å². The van der Waals surface area contributed by atoms with Gasteiger partial charge in [-0.05, 0) is 47.8 Å². The molecule has 27 heavy (non-hydrogen) atoms. The van der Waals surface area contributed by atoms with Crippen LogP contribution in [-0.4, -0.2) is 22.0 Å². The minimum Gasteiger partial charge on any atom is -0.457 e. The first-order chi connectivity index (χ1) is 12.7. The number of thiocarbonyl (C=S) groups is 1. The predicted molar refractivity (Wildman–Crippen MR) is 113 cm³/mol. The van der Waals surface area contributed by atoms with Gasteiger partial charge in [0.25, 0.3) is 11.1 Å². The smallest absolute Gasteiger partial charge is 0.268 e. The van der Waals surface area contributed by atoms with Gasteiger partial charge >= 0.3 is 0 Å². The molecule has 3 nitrogen and oxygen atoms in total. The van der Waals surface area contributed by atoms with E-state index in [1.54, 1.807) is 6.08 Å². The highest BCUT2D eigenvalue weighted by molar-refractivity contribution is 7.80. The van der Waals surface area contributed by atoms with Crippen LogP contribution in [0.4, 0.5) is 0 Å². The normalized spacial score (nSPS) is 22.4. The first-order valence-corrected chi connectivity index (χ1v) is 9.44. The first-order valence-electron chi connectivity index (χ1n) is 9.03. The third-order valence-electron chi connectivity index (χ3n) is 5.13. The fourth-order valence-corrected chi connectivity index (χ4v) is 3.81. The number of hydrogen-bond acceptors (Lipinski definition) is 3. The Hall–Kier alpha value is -2.46. The summed E-state index contributed by atoms with van der Waals surface area (Å²) in [6, 6.07) is 17.1. The lowest BCUT2D eigenvalue weighted by molar-refractivity contribution is 0.0718. The average Bonchev–Trinajstić information content (AvgIpc) is 2.92. The maximum absolute atomic E-state index is 13.2. The largest absolute Gasteiger partial charge is 0.457 e. The van der Waals surface area contributed by atoms with Crippen molar-refractivity contribution in [3.8, 4) is 0 Å². The summed E-state index contributed by atoms with van der Waals surface area (Å²) in [5.41, 5.74) is 1.98. The summed E-state index contributed by atoms with van der Waals surface area (Å²) in [5, 5.41) is 0.177. The number of nitrogens with zero attached hydrogens (tertiary/aromatic N) is 1. The molecule has 0 saturated carbocycles. The van der Waals surface area contributed by atoms with E-state index in [-0.39, 0.29) is 22.5 Å². The van der Waals surface area contributed by atoms with Crippen molar-refractivity contribution in [1.82, 2.24) is 4.90 Å². The third kappa shape index (κ3) is 3.42. The maximum atomic E-state index is 13.2. The van der Waals surface area contributed by atoms with E-state index in [4.69, 9.17) is 17.0 Å². The highest BCUT2D eigenvalue weighted by Gasteiger charge is 2.51. The van der Waals surface area contributed by atoms with E-state index in [0.717, 1.165) is 5.56 Å². The van der Waals surface area contributed by atoms with Gasteiger partial charge in [-0.25, -0.2) is 0 Å². The van der Waals surface area contributed by atoms with Crippen molar-refractivity contribution in [2.24, 2.45) is 0 Å². The van der Waals surface area contributed by atoms with Crippen LogP contribution in [0.5, 0.6) is 0 Å². The topological polar surface area (TPSA) is 29.5 Å². The van der Waals surface area contributed by atoms with Crippen molar-refractivity contribution in [1.29, 1.82) is 0 Å². The summed E-state index contributed by atoms with van der Waals surface area (Å²) in [7, 11) is 0. The van der Waals surface area contributed by atoms with E-state index in [9.17, 15) is 4.79 Å². The number of benzene rings is 2. The van der Waals surface area contributed by atoms with E-state index in [0.29, 0.717) is 5.56 Å². The number of hydrogen-bond donors (Lipinski definition) is 0. The minimum absolute atomic E-state index is 0.0309. The second-order valence-electron chi connectivity index (χ2n) is 8.02. The van der Waals surface area contributed by atoms with Crippen LogP contribution in [0.25, 0.3) is 0 Å². The molecule has 0 spiro atoms. The zero-order valence-electron chi connectivity index (χ0n) is 16.2. The maximum Gasteiger partial charge on any atom is 0.268 e. The van der Waals surface area contributed by atoms with E-state index < -0.39 is 5.60 Å². The molecule has 0 N–H and O–H groups in total. The second-order valence-corrected chi connectivity index (χ2v) is 8.37. The molecule has 2 atom stereocenters. The fourth-order valence-electron chi connectivity index (χ4n) is 3.44. The van der Waals surface area contributed by atoms with Crippen LogP contribution in [0.2, 0.25) is 0 Å². The molecular weight excluding hydrogens is 354 g/mol. The lowest BCUT2D eigenvalue weighted by atomic mass is 9.86.